The molecule has 0 bridgehead atoms. The Morgan fingerprint density at radius 1 is 1.25 bits per heavy atom. The van der Waals surface area contributed by atoms with Crippen molar-refractivity contribution in [2.24, 2.45) is 0 Å². The highest BCUT2D eigenvalue weighted by Crippen LogP contribution is 2.34. The first-order valence-electron chi connectivity index (χ1n) is 3.78. The summed E-state index contributed by atoms with van der Waals surface area (Å²) in [7, 11) is -4.86. The molecule has 90 valence electrons. The maximum atomic E-state index is 12.4. The van der Waals surface area contributed by atoms with Crippen LogP contribution in [0.3, 0.4) is 0 Å². The Morgan fingerprint density at radius 3 is 2.31 bits per heavy atom. The van der Waals surface area contributed by atoms with Crippen LogP contribution in [0, 0.1) is 0 Å². The molecule has 0 saturated carbocycles. The van der Waals surface area contributed by atoms with E-state index in [1.54, 1.807) is 0 Å². The van der Waals surface area contributed by atoms with Gasteiger partial charge in [0, 0.05) is 0 Å². The van der Waals surface area contributed by atoms with Gasteiger partial charge in [-0.1, -0.05) is 12.1 Å². The van der Waals surface area contributed by atoms with Crippen molar-refractivity contribution in [2.75, 3.05) is 5.48 Å². The van der Waals surface area contributed by atoms with Gasteiger partial charge in [0.1, 0.15) is 0 Å². The second-order valence-corrected chi connectivity index (χ2v) is 3.68. The molecule has 5 nitrogen and oxygen atoms in total. The van der Waals surface area contributed by atoms with E-state index in [2.05, 4.69) is 4.28 Å². The Bertz CT molecular complexity index is 471. The third-order valence-corrected chi connectivity index (χ3v) is 1.78. The van der Waals surface area contributed by atoms with E-state index in [9.17, 15) is 21.6 Å². The van der Waals surface area contributed by atoms with Crippen molar-refractivity contribution in [3.8, 4) is 0 Å². The highest BCUT2D eigenvalue weighted by atomic mass is 32.3. The summed E-state index contributed by atoms with van der Waals surface area (Å²) in [6.45, 7) is 0. The molecule has 1 aromatic rings. The predicted molar refractivity (Wildman–Crippen MR) is 47.7 cm³/mol. The van der Waals surface area contributed by atoms with Crippen LogP contribution in [0.1, 0.15) is 5.56 Å². The third kappa shape index (κ3) is 3.68. The zero-order valence-corrected chi connectivity index (χ0v) is 8.34. The van der Waals surface area contributed by atoms with Crippen LogP contribution in [0.15, 0.2) is 24.3 Å². The number of halogens is 3. The molecule has 16 heavy (non-hydrogen) atoms. The van der Waals surface area contributed by atoms with Gasteiger partial charge >= 0.3 is 16.6 Å². The number of para-hydroxylation sites is 1. The normalized spacial score (nSPS) is 12.5. The molecule has 0 aliphatic heterocycles. The first-order chi connectivity index (χ1) is 7.20. The van der Waals surface area contributed by atoms with E-state index in [1.165, 1.54) is 11.5 Å². The van der Waals surface area contributed by atoms with Crippen molar-refractivity contribution < 1.29 is 30.4 Å². The second-order valence-electron chi connectivity index (χ2n) is 2.66. The predicted octanol–water partition coefficient (Wildman–Crippen LogP) is 1.85. The summed E-state index contributed by atoms with van der Waals surface area (Å²) in [6, 6.07) is 4.05. The van der Waals surface area contributed by atoms with Gasteiger partial charge in [0.2, 0.25) is 0 Å². The average Bonchev–Trinajstić information content (AvgIpc) is 2.12. The minimum atomic E-state index is -4.86. The summed E-state index contributed by atoms with van der Waals surface area (Å²) in [5.41, 5.74) is -0.229. The van der Waals surface area contributed by atoms with Crippen LogP contribution in [0.4, 0.5) is 18.9 Å². The van der Waals surface area contributed by atoms with E-state index in [0.29, 0.717) is 0 Å². The molecule has 0 amide bonds. The first kappa shape index (κ1) is 12.7. The second kappa shape index (κ2) is 4.28. The molecule has 1 aromatic carbocycles. The Kier molecular flexibility index (Phi) is 3.41. The van der Waals surface area contributed by atoms with Gasteiger partial charge in [-0.25, -0.2) is 5.48 Å². The smallest absolute Gasteiger partial charge is 0.262 e. The van der Waals surface area contributed by atoms with E-state index in [0.717, 1.165) is 18.2 Å². The Morgan fingerprint density at radius 2 is 1.81 bits per heavy atom. The van der Waals surface area contributed by atoms with Gasteiger partial charge in [-0.2, -0.15) is 21.6 Å². The first-order valence-corrected chi connectivity index (χ1v) is 5.15. The van der Waals surface area contributed by atoms with Gasteiger partial charge in [0.15, 0.2) is 0 Å². The standard InChI is InChI=1S/C7H6F3NO4S/c8-7(9,10)5-3-1-2-4-6(5)11-15-16(12,13)14/h1-4,11H,(H,12,13,14). The van der Waals surface area contributed by atoms with Gasteiger partial charge in [-0.15, -0.1) is 4.28 Å². The molecule has 0 radical (unpaired) electrons. The lowest BCUT2D eigenvalue weighted by molar-refractivity contribution is -0.137. The summed E-state index contributed by atoms with van der Waals surface area (Å²) >= 11 is 0. The summed E-state index contributed by atoms with van der Waals surface area (Å²) < 4.78 is 69.2. The van der Waals surface area contributed by atoms with E-state index in [-0.39, 0.29) is 0 Å². The van der Waals surface area contributed by atoms with Crippen LogP contribution in [-0.2, 0) is 20.9 Å². The highest BCUT2D eigenvalue weighted by molar-refractivity contribution is 7.80. The van der Waals surface area contributed by atoms with Crippen LogP contribution < -0.4 is 5.48 Å². The number of benzene rings is 1. The van der Waals surface area contributed by atoms with Gasteiger partial charge in [0.05, 0.1) is 11.3 Å². The van der Waals surface area contributed by atoms with Crippen molar-refractivity contribution in [2.45, 2.75) is 6.18 Å². The van der Waals surface area contributed by atoms with E-state index in [4.69, 9.17) is 4.55 Å². The molecule has 2 N–H and O–H groups in total. The van der Waals surface area contributed by atoms with Crippen molar-refractivity contribution >= 4 is 16.1 Å². The van der Waals surface area contributed by atoms with Crippen LogP contribution in [0.2, 0.25) is 0 Å². The lowest BCUT2D eigenvalue weighted by Gasteiger charge is -2.12. The van der Waals surface area contributed by atoms with E-state index < -0.39 is 27.8 Å². The van der Waals surface area contributed by atoms with E-state index >= 15 is 0 Å². The topological polar surface area (TPSA) is 75.6 Å². The lowest BCUT2D eigenvalue weighted by Crippen LogP contribution is -2.14. The van der Waals surface area contributed by atoms with Crippen molar-refractivity contribution in [1.29, 1.82) is 0 Å². The summed E-state index contributed by atoms with van der Waals surface area (Å²) in [5.74, 6) is 0. The molecular weight excluding hydrogens is 251 g/mol. The molecule has 0 heterocycles. The fourth-order valence-electron chi connectivity index (χ4n) is 0.917. The number of anilines is 1. The summed E-state index contributed by atoms with van der Waals surface area (Å²) in [4.78, 5) is 0. The lowest BCUT2D eigenvalue weighted by atomic mass is 10.2. The minimum absolute atomic E-state index is 0.618. The molecule has 0 atom stereocenters. The Labute approximate surface area is 88.7 Å². The number of rotatable bonds is 3. The number of hydrogen-bond donors (Lipinski definition) is 2. The molecular formula is C7H6F3NO4S. The quantitative estimate of drug-likeness (QED) is 0.638. The molecule has 0 fully saturated rings. The maximum absolute atomic E-state index is 12.4. The average molecular weight is 257 g/mol. The van der Waals surface area contributed by atoms with Crippen LogP contribution in [-0.4, -0.2) is 13.0 Å². The van der Waals surface area contributed by atoms with Crippen molar-refractivity contribution in [3.63, 3.8) is 0 Å². The van der Waals surface area contributed by atoms with Crippen molar-refractivity contribution in [1.82, 2.24) is 0 Å². The van der Waals surface area contributed by atoms with E-state index in [1.807, 2.05) is 0 Å². The summed E-state index contributed by atoms with van der Waals surface area (Å²) in [6.07, 6.45) is -4.66. The fourth-order valence-corrected chi connectivity index (χ4v) is 1.11. The van der Waals surface area contributed by atoms with Crippen LogP contribution >= 0.6 is 0 Å². The van der Waals surface area contributed by atoms with Gasteiger partial charge < -0.3 is 0 Å². The monoisotopic (exact) mass is 257 g/mol. The zero-order valence-electron chi connectivity index (χ0n) is 7.52. The fraction of sp³-hybridized carbons (Fsp3) is 0.143. The number of hydrogen-bond acceptors (Lipinski definition) is 4. The largest absolute Gasteiger partial charge is 0.418 e. The number of alkyl halides is 3. The minimum Gasteiger partial charge on any atom is -0.262 e. The SMILES string of the molecule is O=S(=O)(O)ONc1ccccc1C(F)(F)F. The summed E-state index contributed by atoms with van der Waals surface area (Å²) in [5, 5.41) is 0. The van der Waals surface area contributed by atoms with Crippen molar-refractivity contribution in [3.05, 3.63) is 29.8 Å². The van der Waals surface area contributed by atoms with Gasteiger partial charge in [-0.3, -0.25) is 4.55 Å². The molecule has 0 unspecified atom stereocenters. The molecule has 0 aliphatic rings. The molecule has 0 saturated heterocycles. The van der Waals surface area contributed by atoms with Gasteiger partial charge in [0.25, 0.3) is 0 Å². The molecule has 0 aliphatic carbocycles. The van der Waals surface area contributed by atoms with Crippen LogP contribution in [0.5, 0.6) is 0 Å². The molecule has 9 heteroatoms. The Balaban J connectivity index is 2.97. The zero-order chi connectivity index (χ0) is 12.4. The maximum Gasteiger partial charge on any atom is 0.418 e. The molecule has 0 aromatic heterocycles. The van der Waals surface area contributed by atoms with Gasteiger partial charge in [-0.05, 0) is 12.1 Å². The highest BCUT2D eigenvalue weighted by Gasteiger charge is 2.33. The molecule has 0 spiro atoms. The molecule has 1 rings (SSSR count). The number of nitrogens with one attached hydrogen (secondary N) is 1. The Hall–Kier alpha value is -1.32. The van der Waals surface area contributed by atoms with Crippen LogP contribution in [0.25, 0.3) is 0 Å². The third-order valence-electron chi connectivity index (χ3n) is 1.49.